The summed E-state index contributed by atoms with van der Waals surface area (Å²) < 4.78 is 6.00. The van der Waals surface area contributed by atoms with Gasteiger partial charge in [-0.1, -0.05) is 30.0 Å². The Morgan fingerprint density at radius 3 is 2.57 bits per heavy atom. The first-order chi connectivity index (χ1) is 6.55. The maximum atomic E-state index is 6.00. The molecule has 2 aliphatic rings. The fourth-order valence-electron chi connectivity index (χ4n) is 2.00. The van der Waals surface area contributed by atoms with Crippen LogP contribution in [0.1, 0.15) is 6.42 Å². The Balaban J connectivity index is 1.96. The first-order valence-electron chi connectivity index (χ1n) is 5.22. The summed E-state index contributed by atoms with van der Waals surface area (Å²) in [5.41, 5.74) is 2.22. The van der Waals surface area contributed by atoms with E-state index in [2.05, 4.69) is 44.0 Å². The Morgan fingerprint density at radius 2 is 2.14 bits per heavy atom. The molecule has 14 heavy (non-hydrogen) atoms. The molecule has 0 amide bonds. The summed E-state index contributed by atoms with van der Waals surface area (Å²) in [6.07, 6.45) is 10.4. The smallest absolute Gasteiger partial charge is 0.210 e. The van der Waals surface area contributed by atoms with Gasteiger partial charge in [0.25, 0.3) is 0 Å². The van der Waals surface area contributed by atoms with E-state index in [1.807, 2.05) is 5.70 Å². The van der Waals surface area contributed by atoms with Gasteiger partial charge in [-0.3, -0.25) is 0 Å². The van der Waals surface area contributed by atoms with Crippen molar-refractivity contribution in [3.05, 3.63) is 36.6 Å². The highest BCUT2D eigenvalue weighted by molar-refractivity contribution is 6.76. The highest BCUT2D eigenvalue weighted by atomic mass is 28.4. The molecule has 1 nitrogen and oxygen atoms in total. The molecule has 0 N–H and O–H groups in total. The van der Waals surface area contributed by atoms with Crippen molar-refractivity contribution < 1.29 is 4.43 Å². The van der Waals surface area contributed by atoms with Crippen LogP contribution in [0.25, 0.3) is 0 Å². The maximum absolute atomic E-state index is 6.00. The molecule has 2 bridgehead atoms. The van der Waals surface area contributed by atoms with Crippen LogP contribution in [0.15, 0.2) is 36.6 Å². The van der Waals surface area contributed by atoms with E-state index in [1.165, 1.54) is 6.42 Å². The molecule has 2 rings (SSSR count). The largest absolute Gasteiger partial charge is 0.412 e. The molecule has 2 heteroatoms. The Bertz CT molecular complexity index is 287. The zero-order chi connectivity index (χ0) is 10.2. The zero-order valence-electron chi connectivity index (χ0n) is 8.99. The van der Waals surface area contributed by atoms with Crippen molar-refractivity contribution in [2.75, 3.05) is 6.61 Å². The lowest BCUT2D eigenvalue weighted by molar-refractivity contribution is 0.225. The van der Waals surface area contributed by atoms with E-state index < -0.39 is 8.32 Å². The molecule has 0 fully saturated rings. The van der Waals surface area contributed by atoms with Crippen molar-refractivity contribution in [2.24, 2.45) is 11.3 Å². The molecule has 0 aromatic carbocycles. The van der Waals surface area contributed by atoms with Crippen LogP contribution < -0.4 is 0 Å². The second kappa shape index (κ2) is 3.21. The van der Waals surface area contributed by atoms with E-state index in [1.54, 1.807) is 0 Å². The number of rotatable bonds is 4. The third-order valence-corrected chi connectivity index (χ3v) is 5.04. The molecule has 0 unspecified atom stereocenters. The second-order valence-corrected chi connectivity index (χ2v) is 8.82. The minimum absolute atomic E-state index is 0.220. The molecule has 0 saturated heterocycles. The van der Waals surface area contributed by atoms with Crippen LogP contribution in [0.4, 0.5) is 0 Å². The topological polar surface area (TPSA) is 9.23 Å². The van der Waals surface area contributed by atoms with Gasteiger partial charge >= 0.3 is 0 Å². The summed E-state index contributed by atoms with van der Waals surface area (Å²) in [5, 5.41) is 0. The quantitative estimate of drug-likeness (QED) is 0.507. The van der Waals surface area contributed by atoms with Gasteiger partial charge in [0.2, 0.25) is 8.32 Å². The van der Waals surface area contributed by atoms with E-state index in [-0.39, 0.29) is 5.41 Å². The molecule has 2 aliphatic carbocycles. The predicted octanol–water partition coefficient (Wildman–Crippen LogP) is 3.07. The summed E-state index contributed by atoms with van der Waals surface area (Å²) in [6.45, 7) is 9.04. The van der Waals surface area contributed by atoms with Gasteiger partial charge in [0.15, 0.2) is 0 Å². The SMILES string of the molecule is C=C[Si](C)(C)OCC12C=CC(C=C1)C2. The van der Waals surface area contributed by atoms with Crippen LogP contribution in [-0.2, 0) is 4.43 Å². The third kappa shape index (κ3) is 1.77. The summed E-state index contributed by atoms with van der Waals surface area (Å²) in [7, 11) is -1.59. The molecule has 0 atom stereocenters. The molecule has 0 aliphatic heterocycles. The van der Waals surface area contributed by atoms with Gasteiger partial charge in [0.05, 0.1) is 0 Å². The molecule has 0 aromatic heterocycles. The fraction of sp³-hybridized carbons (Fsp3) is 0.500. The predicted molar refractivity (Wildman–Crippen MR) is 62.5 cm³/mol. The van der Waals surface area contributed by atoms with Gasteiger partial charge in [-0.25, -0.2) is 0 Å². The highest BCUT2D eigenvalue weighted by Gasteiger charge is 2.37. The molecular formula is C12H18OSi. The zero-order valence-corrected chi connectivity index (χ0v) is 9.99. The lowest BCUT2D eigenvalue weighted by Gasteiger charge is -2.27. The van der Waals surface area contributed by atoms with Crippen molar-refractivity contribution >= 4 is 8.32 Å². The molecule has 0 aromatic rings. The number of fused-ring (bicyclic) bond motifs is 2. The molecule has 0 heterocycles. The minimum Gasteiger partial charge on any atom is -0.412 e. The monoisotopic (exact) mass is 206 g/mol. The molecular weight excluding hydrogens is 188 g/mol. The van der Waals surface area contributed by atoms with Crippen LogP contribution in [0.2, 0.25) is 13.1 Å². The van der Waals surface area contributed by atoms with Gasteiger partial charge in [-0.2, -0.15) is 0 Å². The Labute approximate surface area is 87.3 Å². The van der Waals surface area contributed by atoms with Crippen LogP contribution in [0.5, 0.6) is 0 Å². The van der Waals surface area contributed by atoms with Gasteiger partial charge < -0.3 is 4.43 Å². The number of allylic oxidation sites excluding steroid dienone is 2. The minimum atomic E-state index is -1.59. The molecule has 0 radical (unpaired) electrons. The van der Waals surface area contributed by atoms with E-state index in [9.17, 15) is 0 Å². The summed E-state index contributed by atoms with van der Waals surface area (Å²) in [6, 6.07) is 0. The fourth-order valence-corrected chi connectivity index (χ4v) is 2.75. The molecule has 76 valence electrons. The van der Waals surface area contributed by atoms with E-state index >= 15 is 0 Å². The van der Waals surface area contributed by atoms with Crippen LogP contribution >= 0.6 is 0 Å². The third-order valence-electron chi connectivity index (χ3n) is 3.17. The number of hydrogen-bond donors (Lipinski definition) is 0. The van der Waals surface area contributed by atoms with Gasteiger partial charge in [0.1, 0.15) is 0 Å². The van der Waals surface area contributed by atoms with Gasteiger partial charge in [0, 0.05) is 12.0 Å². The van der Waals surface area contributed by atoms with Crippen molar-refractivity contribution in [2.45, 2.75) is 19.5 Å². The van der Waals surface area contributed by atoms with E-state index in [0.29, 0.717) is 5.92 Å². The Morgan fingerprint density at radius 1 is 1.50 bits per heavy atom. The average Bonchev–Trinajstić information content (AvgIpc) is 2.75. The van der Waals surface area contributed by atoms with Crippen molar-refractivity contribution in [3.63, 3.8) is 0 Å². The maximum Gasteiger partial charge on any atom is 0.210 e. The Hall–Kier alpha value is -0.603. The highest BCUT2D eigenvalue weighted by Crippen LogP contribution is 2.44. The van der Waals surface area contributed by atoms with E-state index in [0.717, 1.165) is 6.61 Å². The summed E-state index contributed by atoms with van der Waals surface area (Å²) >= 11 is 0. The van der Waals surface area contributed by atoms with Gasteiger partial charge in [-0.05, 0) is 25.4 Å². The van der Waals surface area contributed by atoms with Gasteiger partial charge in [-0.15, -0.1) is 6.58 Å². The van der Waals surface area contributed by atoms with Crippen LogP contribution in [0, 0.1) is 11.3 Å². The van der Waals surface area contributed by atoms with Crippen molar-refractivity contribution in [1.82, 2.24) is 0 Å². The molecule has 0 spiro atoms. The lowest BCUT2D eigenvalue weighted by atomic mass is 9.92. The Kier molecular flexibility index (Phi) is 2.28. The van der Waals surface area contributed by atoms with Crippen molar-refractivity contribution in [1.29, 1.82) is 0 Å². The standard InChI is InChI=1S/C12H18OSi/c1-4-14(2,3)13-10-12-7-5-11(9-12)6-8-12/h4-8,11H,1,9-10H2,2-3H3. The first kappa shape index (κ1) is 9.93. The average molecular weight is 206 g/mol. The number of hydrogen-bond acceptors (Lipinski definition) is 1. The summed E-state index contributed by atoms with van der Waals surface area (Å²) in [4.78, 5) is 0. The van der Waals surface area contributed by atoms with Crippen LogP contribution in [0.3, 0.4) is 0 Å². The normalized spacial score (nSPS) is 34.0. The first-order valence-corrected chi connectivity index (χ1v) is 8.20. The van der Waals surface area contributed by atoms with Crippen LogP contribution in [-0.4, -0.2) is 14.9 Å². The summed E-state index contributed by atoms with van der Waals surface area (Å²) in [5.74, 6) is 0.673. The lowest BCUT2D eigenvalue weighted by Crippen LogP contribution is -2.33. The second-order valence-electron chi connectivity index (χ2n) is 4.92. The van der Waals surface area contributed by atoms with Crippen molar-refractivity contribution in [3.8, 4) is 0 Å². The van der Waals surface area contributed by atoms with E-state index in [4.69, 9.17) is 4.43 Å². The molecule has 0 saturated carbocycles.